The maximum absolute atomic E-state index is 12.6. The van der Waals surface area contributed by atoms with Crippen LogP contribution < -0.4 is 5.32 Å². The number of nitrogens with one attached hydrogen (secondary N) is 1. The van der Waals surface area contributed by atoms with Crippen LogP contribution >= 0.6 is 0 Å². The summed E-state index contributed by atoms with van der Waals surface area (Å²) in [6, 6.07) is 5.11. The highest BCUT2D eigenvalue weighted by Gasteiger charge is 2.41. The van der Waals surface area contributed by atoms with Crippen LogP contribution in [0.4, 0.5) is 18.9 Å². The SMILES string of the molecule is N#Cc1cc(C(F)(F)F)ccc1NC1CC2CCC1O2. The van der Waals surface area contributed by atoms with Crippen molar-refractivity contribution in [1.82, 2.24) is 0 Å². The molecule has 0 radical (unpaired) electrons. The smallest absolute Gasteiger partial charge is 0.379 e. The summed E-state index contributed by atoms with van der Waals surface area (Å²) < 4.78 is 43.5. The lowest BCUT2D eigenvalue weighted by molar-refractivity contribution is -0.137. The van der Waals surface area contributed by atoms with Gasteiger partial charge in [0, 0.05) is 0 Å². The van der Waals surface area contributed by atoms with Crippen molar-refractivity contribution in [2.24, 2.45) is 0 Å². The predicted molar refractivity (Wildman–Crippen MR) is 66.1 cm³/mol. The summed E-state index contributed by atoms with van der Waals surface area (Å²) in [6.45, 7) is 0. The highest BCUT2D eigenvalue weighted by atomic mass is 19.4. The van der Waals surface area contributed by atoms with Gasteiger partial charge in [-0.3, -0.25) is 0 Å². The molecular weight excluding hydrogens is 269 g/mol. The van der Waals surface area contributed by atoms with Gasteiger partial charge < -0.3 is 10.1 Å². The van der Waals surface area contributed by atoms with E-state index in [4.69, 9.17) is 10.00 Å². The van der Waals surface area contributed by atoms with E-state index in [0.717, 1.165) is 31.4 Å². The molecule has 3 atom stereocenters. The first-order chi connectivity index (χ1) is 9.47. The summed E-state index contributed by atoms with van der Waals surface area (Å²) in [5.41, 5.74) is -0.340. The molecule has 0 saturated carbocycles. The largest absolute Gasteiger partial charge is 0.416 e. The van der Waals surface area contributed by atoms with E-state index in [2.05, 4.69) is 5.32 Å². The molecule has 1 N–H and O–H groups in total. The van der Waals surface area contributed by atoms with Gasteiger partial charge in [-0.05, 0) is 37.5 Å². The number of benzene rings is 1. The summed E-state index contributed by atoms with van der Waals surface area (Å²) in [6.07, 6.45) is -1.23. The minimum atomic E-state index is -4.43. The highest BCUT2D eigenvalue weighted by Crippen LogP contribution is 2.37. The molecule has 2 heterocycles. The molecule has 2 aliphatic heterocycles. The van der Waals surface area contributed by atoms with Crippen LogP contribution in [0.15, 0.2) is 18.2 Å². The van der Waals surface area contributed by atoms with E-state index < -0.39 is 11.7 Å². The summed E-state index contributed by atoms with van der Waals surface area (Å²) in [5.74, 6) is 0. The third kappa shape index (κ3) is 2.34. The first-order valence-electron chi connectivity index (χ1n) is 6.50. The molecule has 0 spiro atoms. The van der Waals surface area contributed by atoms with Gasteiger partial charge in [-0.1, -0.05) is 0 Å². The lowest BCUT2D eigenvalue weighted by atomic mass is 9.95. The maximum atomic E-state index is 12.6. The zero-order valence-corrected chi connectivity index (χ0v) is 10.6. The summed E-state index contributed by atoms with van der Waals surface area (Å²) in [7, 11) is 0. The van der Waals surface area contributed by atoms with E-state index in [1.807, 2.05) is 6.07 Å². The van der Waals surface area contributed by atoms with Gasteiger partial charge in [0.1, 0.15) is 6.07 Å². The van der Waals surface area contributed by atoms with Gasteiger partial charge in [0.05, 0.1) is 35.1 Å². The Morgan fingerprint density at radius 3 is 2.65 bits per heavy atom. The van der Waals surface area contributed by atoms with Gasteiger partial charge in [-0.2, -0.15) is 18.4 Å². The van der Waals surface area contributed by atoms with Crippen LogP contribution in [0.3, 0.4) is 0 Å². The fraction of sp³-hybridized carbons (Fsp3) is 0.500. The van der Waals surface area contributed by atoms with Crippen molar-refractivity contribution in [2.75, 3.05) is 5.32 Å². The number of rotatable bonds is 2. The normalized spacial score (nSPS) is 28.4. The zero-order valence-electron chi connectivity index (χ0n) is 10.6. The molecule has 20 heavy (non-hydrogen) atoms. The molecule has 0 amide bonds. The van der Waals surface area contributed by atoms with E-state index in [1.165, 1.54) is 6.07 Å². The predicted octanol–water partition coefficient (Wildman–Crippen LogP) is 3.31. The van der Waals surface area contributed by atoms with Crippen LogP contribution in [0, 0.1) is 11.3 Å². The van der Waals surface area contributed by atoms with Crippen molar-refractivity contribution in [3.05, 3.63) is 29.3 Å². The second-order valence-corrected chi connectivity index (χ2v) is 5.23. The molecule has 3 nitrogen and oxygen atoms in total. The van der Waals surface area contributed by atoms with Crippen LogP contribution in [0.5, 0.6) is 0 Å². The molecule has 2 saturated heterocycles. The average Bonchev–Trinajstić information content (AvgIpc) is 3.00. The zero-order chi connectivity index (χ0) is 14.3. The highest BCUT2D eigenvalue weighted by molar-refractivity contribution is 5.59. The molecular formula is C14H13F3N2O. The van der Waals surface area contributed by atoms with Crippen molar-refractivity contribution in [1.29, 1.82) is 5.26 Å². The second-order valence-electron chi connectivity index (χ2n) is 5.23. The van der Waals surface area contributed by atoms with Gasteiger partial charge in [-0.25, -0.2) is 0 Å². The first-order valence-corrected chi connectivity index (χ1v) is 6.50. The molecule has 0 aliphatic carbocycles. The van der Waals surface area contributed by atoms with E-state index in [0.29, 0.717) is 5.69 Å². The van der Waals surface area contributed by atoms with Crippen LogP contribution in [0.2, 0.25) is 0 Å². The Morgan fingerprint density at radius 2 is 2.10 bits per heavy atom. The summed E-state index contributed by atoms with van der Waals surface area (Å²) in [4.78, 5) is 0. The van der Waals surface area contributed by atoms with Crippen molar-refractivity contribution in [2.45, 2.75) is 43.7 Å². The average molecular weight is 282 g/mol. The minimum absolute atomic E-state index is 0.0163. The lowest BCUT2D eigenvalue weighted by Gasteiger charge is -2.22. The Morgan fingerprint density at radius 1 is 1.30 bits per heavy atom. The number of alkyl halides is 3. The number of hydrogen-bond donors (Lipinski definition) is 1. The Bertz CT molecular complexity index is 565. The number of nitrogens with zero attached hydrogens (tertiary/aromatic N) is 1. The fourth-order valence-electron chi connectivity index (χ4n) is 2.93. The second kappa shape index (κ2) is 4.67. The Hall–Kier alpha value is -1.74. The molecule has 6 heteroatoms. The number of anilines is 1. The van der Waals surface area contributed by atoms with Crippen molar-refractivity contribution >= 4 is 5.69 Å². The maximum Gasteiger partial charge on any atom is 0.416 e. The van der Waals surface area contributed by atoms with E-state index in [1.54, 1.807) is 0 Å². The topological polar surface area (TPSA) is 45.0 Å². The van der Waals surface area contributed by atoms with Crippen LogP contribution in [0.1, 0.15) is 30.4 Å². The van der Waals surface area contributed by atoms with Gasteiger partial charge in [0.25, 0.3) is 0 Å². The molecule has 3 rings (SSSR count). The number of halogens is 3. The van der Waals surface area contributed by atoms with Crippen LogP contribution in [-0.4, -0.2) is 18.2 Å². The molecule has 1 aromatic carbocycles. The minimum Gasteiger partial charge on any atom is -0.379 e. The van der Waals surface area contributed by atoms with Crippen LogP contribution in [0.25, 0.3) is 0 Å². The number of nitriles is 1. The fourth-order valence-corrected chi connectivity index (χ4v) is 2.93. The van der Waals surface area contributed by atoms with Gasteiger partial charge in [-0.15, -0.1) is 0 Å². The first kappa shape index (κ1) is 13.3. The number of ether oxygens (including phenoxy) is 1. The standard InChI is InChI=1S/C14H13F3N2O/c15-14(16,17)9-1-3-11(8(5-9)7-18)19-12-6-10-2-4-13(12)20-10/h1,3,5,10,12-13,19H,2,4,6H2. The molecule has 2 aliphatic rings. The van der Waals surface area contributed by atoms with E-state index >= 15 is 0 Å². The van der Waals surface area contributed by atoms with Crippen molar-refractivity contribution in [3.63, 3.8) is 0 Å². The van der Waals surface area contributed by atoms with Crippen LogP contribution in [-0.2, 0) is 10.9 Å². The van der Waals surface area contributed by atoms with Gasteiger partial charge in [0.2, 0.25) is 0 Å². The third-order valence-electron chi connectivity index (χ3n) is 3.91. The Labute approximate surface area is 114 Å². The van der Waals surface area contributed by atoms with E-state index in [-0.39, 0.29) is 23.8 Å². The van der Waals surface area contributed by atoms with Gasteiger partial charge >= 0.3 is 6.18 Å². The molecule has 2 bridgehead atoms. The van der Waals surface area contributed by atoms with Crippen molar-refractivity contribution < 1.29 is 17.9 Å². The number of hydrogen-bond acceptors (Lipinski definition) is 3. The summed E-state index contributed by atoms with van der Waals surface area (Å²) in [5, 5.41) is 12.2. The molecule has 1 aromatic rings. The van der Waals surface area contributed by atoms with E-state index in [9.17, 15) is 13.2 Å². The molecule has 106 valence electrons. The Kier molecular flexibility index (Phi) is 3.09. The van der Waals surface area contributed by atoms with Crippen molar-refractivity contribution in [3.8, 4) is 6.07 Å². The lowest BCUT2D eigenvalue weighted by Crippen LogP contribution is -2.30. The molecule has 2 fully saturated rings. The third-order valence-corrected chi connectivity index (χ3v) is 3.91. The number of fused-ring (bicyclic) bond motifs is 2. The van der Waals surface area contributed by atoms with Gasteiger partial charge in [0.15, 0.2) is 0 Å². The molecule has 3 unspecified atom stereocenters. The Balaban J connectivity index is 1.82. The molecule has 0 aromatic heterocycles. The monoisotopic (exact) mass is 282 g/mol. The summed E-state index contributed by atoms with van der Waals surface area (Å²) >= 11 is 0. The quantitative estimate of drug-likeness (QED) is 0.905.